The number of fused-ring (bicyclic) bond motifs is 8. The molecule has 0 aliphatic carbocycles. The molecule has 3 aliphatic rings. The minimum atomic E-state index is 0.356. The van der Waals surface area contributed by atoms with Crippen LogP contribution >= 0.6 is 0 Å². The Labute approximate surface area is 206 Å². The second-order valence-corrected chi connectivity index (χ2v) is 10.9. The number of rotatable bonds is 3. The largest absolute Gasteiger partial charge is 0.506 e. The molecule has 4 atom stereocenters. The van der Waals surface area contributed by atoms with Crippen molar-refractivity contribution in [2.24, 2.45) is 11.8 Å². The van der Waals surface area contributed by atoms with Crippen LogP contribution in [-0.2, 0) is 12.8 Å². The molecule has 35 heavy (non-hydrogen) atoms. The molecule has 0 radical (unpaired) electrons. The second-order valence-electron chi connectivity index (χ2n) is 10.9. The molecule has 2 aromatic heterocycles. The molecule has 7 rings (SSSR count). The number of nitrogens with zero attached hydrogens (tertiary/aromatic N) is 2. The molecule has 0 saturated carbocycles. The molecule has 5 nitrogen and oxygen atoms in total. The van der Waals surface area contributed by atoms with Crippen molar-refractivity contribution in [1.29, 1.82) is 0 Å². The fourth-order valence-corrected chi connectivity index (χ4v) is 7.35. The summed E-state index contributed by atoms with van der Waals surface area (Å²) in [4.78, 5) is 12.7. The van der Waals surface area contributed by atoms with E-state index in [9.17, 15) is 5.11 Å². The van der Waals surface area contributed by atoms with Gasteiger partial charge < -0.3 is 15.1 Å². The fraction of sp³-hybridized carbons (Fsp3) is 0.400. The zero-order chi connectivity index (χ0) is 23.7. The molecule has 180 valence electrons. The van der Waals surface area contributed by atoms with E-state index in [0.717, 1.165) is 50.8 Å². The summed E-state index contributed by atoms with van der Waals surface area (Å²) in [5.41, 5.74) is 7.83. The summed E-state index contributed by atoms with van der Waals surface area (Å²) in [6.07, 6.45) is 6.62. The van der Waals surface area contributed by atoms with Crippen molar-refractivity contribution in [2.75, 3.05) is 26.7 Å². The molecule has 4 aromatic rings. The first-order chi connectivity index (χ1) is 17.1. The predicted molar refractivity (Wildman–Crippen MR) is 142 cm³/mol. The molecule has 1 fully saturated rings. The normalized spacial score (nSPS) is 27.0. The number of para-hydroxylation sites is 2. The highest BCUT2D eigenvalue weighted by Gasteiger charge is 2.41. The Balaban J connectivity index is 1.24. The monoisotopic (exact) mass is 466 g/mol. The van der Waals surface area contributed by atoms with E-state index in [1.807, 2.05) is 6.07 Å². The first-order valence-corrected chi connectivity index (χ1v) is 13.1. The number of hydrogen-bond donors (Lipinski definition) is 3. The topological polar surface area (TPSA) is 58.3 Å². The molecule has 2 aromatic carbocycles. The maximum Gasteiger partial charge on any atom is 0.139 e. The van der Waals surface area contributed by atoms with Gasteiger partial charge in [-0.15, -0.1) is 6.58 Å². The number of H-pyrrole nitrogens is 2. The number of benzene rings is 2. The van der Waals surface area contributed by atoms with Gasteiger partial charge in [0.2, 0.25) is 0 Å². The van der Waals surface area contributed by atoms with E-state index in [-0.39, 0.29) is 0 Å². The summed E-state index contributed by atoms with van der Waals surface area (Å²) in [5.74, 6) is 1.41. The first kappa shape index (κ1) is 21.3. The summed E-state index contributed by atoms with van der Waals surface area (Å²) in [7, 11) is 2.29. The summed E-state index contributed by atoms with van der Waals surface area (Å²) in [5, 5.41) is 13.1. The number of phenols is 1. The van der Waals surface area contributed by atoms with Gasteiger partial charge in [0.05, 0.1) is 17.6 Å². The number of nitrogens with one attached hydrogen (secondary N) is 2. The van der Waals surface area contributed by atoms with Crippen molar-refractivity contribution >= 4 is 21.8 Å². The van der Waals surface area contributed by atoms with Crippen molar-refractivity contribution in [1.82, 2.24) is 19.8 Å². The number of hydrogen-bond acceptors (Lipinski definition) is 3. The fourth-order valence-electron chi connectivity index (χ4n) is 7.35. The molecule has 5 heteroatoms. The number of aromatic hydroxyl groups is 1. The molecule has 4 unspecified atom stereocenters. The van der Waals surface area contributed by atoms with E-state index in [1.54, 1.807) is 6.07 Å². The van der Waals surface area contributed by atoms with Gasteiger partial charge in [0.1, 0.15) is 5.75 Å². The molecule has 0 amide bonds. The van der Waals surface area contributed by atoms with Crippen LogP contribution in [0, 0.1) is 11.8 Å². The highest BCUT2D eigenvalue weighted by molar-refractivity contribution is 5.89. The van der Waals surface area contributed by atoms with E-state index in [1.165, 1.54) is 38.8 Å². The number of aromatic nitrogens is 2. The summed E-state index contributed by atoms with van der Waals surface area (Å²) in [6.45, 7) is 7.51. The van der Waals surface area contributed by atoms with Crippen LogP contribution in [0.4, 0.5) is 0 Å². The minimum Gasteiger partial charge on any atom is -0.506 e. The van der Waals surface area contributed by atoms with Crippen LogP contribution < -0.4 is 0 Å². The van der Waals surface area contributed by atoms with Gasteiger partial charge in [-0.2, -0.15) is 0 Å². The number of piperidine rings is 1. The highest BCUT2D eigenvalue weighted by atomic mass is 16.3. The Morgan fingerprint density at radius 1 is 1.00 bits per heavy atom. The van der Waals surface area contributed by atoms with E-state index < -0.39 is 0 Å². The Bertz CT molecular complexity index is 1430. The lowest BCUT2D eigenvalue weighted by molar-refractivity contribution is 0.0515. The minimum absolute atomic E-state index is 0.356. The molecular weight excluding hydrogens is 432 g/mol. The molecular formula is C30H34N4O. The number of likely N-dealkylation sites (N-methyl/N-ethyl adjacent to an activating group) is 1. The highest BCUT2D eigenvalue weighted by Crippen LogP contribution is 2.47. The lowest BCUT2D eigenvalue weighted by Crippen LogP contribution is -2.46. The lowest BCUT2D eigenvalue weighted by atomic mass is 9.74. The third kappa shape index (κ3) is 3.21. The van der Waals surface area contributed by atoms with Gasteiger partial charge in [0.15, 0.2) is 0 Å². The van der Waals surface area contributed by atoms with Crippen molar-refractivity contribution in [3.8, 4) is 5.75 Å². The van der Waals surface area contributed by atoms with Crippen molar-refractivity contribution in [3.05, 3.63) is 77.6 Å². The van der Waals surface area contributed by atoms with Crippen molar-refractivity contribution in [2.45, 2.75) is 37.8 Å². The maximum absolute atomic E-state index is 10.5. The predicted octanol–water partition coefficient (Wildman–Crippen LogP) is 5.70. The molecule has 0 bridgehead atoms. The van der Waals surface area contributed by atoms with Gasteiger partial charge in [-0.25, -0.2) is 0 Å². The average Bonchev–Trinajstić information content (AvgIpc) is 3.45. The van der Waals surface area contributed by atoms with Gasteiger partial charge in [-0.05, 0) is 67.8 Å². The molecule has 5 heterocycles. The smallest absolute Gasteiger partial charge is 0.139 e. The van der Waals surface area contributed by atoms with Crippen LogP contribution in [0.15, 0.2) is 55.1 Å². The zero-order valence-corrected chi connectivity index (χ0v) is 20.4. The third-order valence-corrected chi connectivity index (χ3v) is 9.21. The van der Waals surface area contributed by atoms with Gasteiger partial charge in [0.25, 0.3) is 0 Å². The van der Waals surface area contributed by atoms with Gasteiger partial charge in [-0.3, -0.25) is 9.80 Å². The SMILES string of the molecule is C=CC1CN2CCc3c([nH]c4c(O)cccc34)C2CC1CC1c2[nH]c3ccccc3c2CCN1C. The summed E-state index contributed by atoms with van der Waals surface area (Å²) in [6, 6.07) is 15.5. The third-order valence-electron chi connectivity index (χ3n) is 9.21. The number of phenolic OH excluding ortho intramolecular Hbond substituents is 1. The molecule has 0 spiro atoms. The molecule has 1 saturated heterocycles. The van der Waals surface area contributed by atoms with Crippen LogP contribution in [0.2, 0.25) is 0 Å². The average molecular weight is 467 g/mol. The molecule has 3 aliphatic heterocycles. The summed E-state index contributed by atoms with van der Waals surface area (Å²) < 4.78 is 0. The van der Waals surface area contributed by atoms with Crippen LogP contribution in [-0.4, -0.2) is 51.6 Å². The Kier molecular flexibility index (Phi) is 4.87. The lowest BCUT2D eigenvalue weighted by Gasteiger charge is -2.47. The van der Waals surface area contributed by atoms with Crippen molar-refractivity contribution in [3.63, 3.8) is 0 Å². The Morgan fingerprint density at radius 3 is 2.69 bits per heavy atom. The standard InChI is InChI=1S/C30H34N4O/c1-3-18-17-34-14-12-23-21-8-6-10-27(35)30(21)32-29(23)26(34)16-19(18)15-25-28-22(11-13-33(25)2)20-7-4-5-9-24(20)31-28/h3-10,18-19,25-26,31-32,35H,1,11-17H2,2H3. The van der Waals surface area contributed by atoms with Crippen molar-refractivity contribution < 1.29 is 5.11 Å². The number of aromatic amines is 2. The summed E-state index contributed by atoms with van der Waals surface area (Å²) >= 11 is 0. The van der Waals surface area contributed by atoms with E-state index in [2.05, 4.69) is 69.8 Å². The van der Waals surface area contributed by atoms with Gasteiger partial charge in [-0.1, -0.05) is 36.4 Å². The zero-order valence-electron chi connectivity index (χ0n) is 20.4. The van der Waals surface area contributed by atoms with Crippen LogP contribution in [0.3, 0.4) is 0 Å². The first-order valence-electron chi connectivity index (χ1n) is 13.1. The van der Waals surface area contributed by atoms with Crippen LogP contribution in [0.1, 0.15) is 47.4 Å². The molecule has 3 N–H and O–H groups in total. The van der Waals surface area contributed by atoms with Gasteiger partial charge in [0, 0.05) is 47.3 Å². The van der Waals surface area contributed by atoms with Gasteiger partial charge >= 0.3 is 0 Å². The Morgan fingerprint density at radius 2 is 1.80 bits per heavy atom. The van der Waals surface area contributed by atoms with E-state index in [0.29, 0.717) is 29.7 Å². The maximum atomic E-state index is 10.5. The van der Waals surface area contributed by atoms with E-state index in [4.69, 9.17) is 0 Å². The second kappa shape index (κ2) is 8.00. The van der Waals surface area contributed by atoms with Crippen LogP contribution in [0.25, 0.3) is 21.8 Å². The Hall–Kier alpha value is -3.02. The quantitative estimate of drug-likeness (QED) is 0.340. The van der Waals surface area contributed by atoms with Crippen LogP contribution in [0.5, 0.6) is 5.75 Å². The van der Waals surface area contributed by atoms with E-state index >= 15 is 0 Å².